The van der Waals surface area contributed by atoms with Crippen LogP contribution < -0.4 is 0 Å². The minimum absolute atomic E-state index is 0.0113. The van der Waals surface area contributed by atoms with Gasteiger partial charge < -0.3 is 4.42 Å². The summed E-state index contributed by atoms with van der Waals surface area (Å²) >= 11 is 0. The molecule has 0 aliphatic carbocycles. The Morgan fingerprint density at radius 3 is 1.81 bits per heavy atom. The van der Waals surface area contributed by atoms with E-state index in [1.54, 1.807) is 6.07 Å². The van der Waals surface area contributed by atoms with Gasteiger partial charge in [-0.05, 0) is 58.0 Å². The molecule has 0 N–H and O–H groups in total. The van der Waals surface area contributed by atoms with Crippen LogP contribution in [0.2, 0.25) is 0 Å². The predicted octanol–water partition coefficient (Wildman–Crippen LogP) is 11.9. The Balaban J connectivity index is 1.34. The largest absolute Gasteiger partial charge is 0.455 e. The molecule has 0 unspecified atom stereocenters. The van der Waals surface area contributed by atoms with Crippen molar-refractivity contribution in [3.05, 3.63) is 170 Å². The van der Waals surface area contributed by atoms with E-state index in [1.807, 2.05) is 84.9 Å². The second-order valence-corrected chi connectivity index (χ2v) is 11.4. The lowest BCUT2D eigenvalue weighted by atomic mass is 9.96. The monoisotopic (exact) mass is 605 g/mol. The lowest BCUT2D eigenvalue weighted by Gasteiger charge is -2.12. The van der Waals surface area contributed by atoms with E-state index in [2.05, 4.69) is 48.5 Å². The highest BCUT2D eigenvalue weighted by Gasteiger charge is 2.20. The van der Waals surface area contributed by atoms with Gasteiger partial charge in [-0.3, -0.25) is 0 Å². The Morgan fingerprint density at radius 1 is 0.468 bits per heavy atom. The van der Waals surface area contributed by atoms with E-state index in [0.29, 0.717) is 22.7 Å². The van der Waals surface area contributed by atoms with E-state index in [4.69, 9.17) is 21.2 Å². The fourth-order valence-corrected chi connectivity index (χ4v) is 6.29. The topological polar surface area (TPSA) is 38.9 Å². The van der Waals surface area contributed by atoms with Crippen LogP contribution in [0.3, 0.4) is 0 Å². The van der Waals surface area contributed by atoms with Crippen molar-refractivity contribution in [2.45, 2.75) is 0 Å². The Bertz CT molecular complexity index is 2810. The quantitative estimate of drug-likeness (QED) is 0.196. The highest BCUT2D eigenvalue weighted by molar-refractivity contribution is 6.21. The predicted molar refractivity (Wildman–Crippen MR) is 194 cm³/mol. The molecule has 0 saturated heterocycles. The molecule has 0 spiro atoms. The number of hydrogen-bond acceptors (Lipinski definition) is 3. The zero-order chi connectivity index (χ0) is 35.5. The number of rotatable bonds is 5. The zero-order valence-electron chi connectivity index (χ0n) is 30.1. The van der Waals surface area contributed by atoms with Crippen molar-refractivity contribution < 1.29 is 11.3 Å². The Morgan fingerprint density at radius 2 is 1.06 bits per heavy atom. The Hall–Kier alpha value is -6.32. The molecule has 7 aromatic carbocycles. The molecule has 0 aliphatic rings. The van der Waals surface area contributed by atoms with Crippen LogP contribution in [0.1, 0.15) is 6.85 Å². The molecule has 0 aliphatic heterocycles. The van der Waals surface area contributed by atoms with Gasteiger partial charge in [0.25, 0.3) is 0 Å². The van der Waals surface area contributed by atoms with E-state index >= 15 is 0 Å². The van der Waals surface area contributed by atoms with E-state index in [0.717, 1.165) is 54.9 Å². The Kier molecular flexibility index (Phi) is 5.32. The maximum Gasteiger partial charge on any atom is 0.161 e. The van der Waals surface area contributed by atoms with Crippen molar-refractivity contribution in [1.29, 1.82) is 0 Å². The molecule has 0 fully saturated rings. The van der Waals surface area contributed by atoms with Crippen LogP contribution in [0, 0.1) is 0 Å². The van der Waals surface area contributed by atoms with Gasteiger partial charge >= 0.3 is 0 Å². The van der Waals surface area contributed by atoms with Gasteiger partial charge in [0.15, 0.2) is 5.82 Å². The summed E-state index contributed by atoms with van der Waals surface area (Å²) in [7, 11) is 0. The summed E-state index contributed by atoms with van der Waals surface area (Å²) < 4.78 is 49.3. The molecule has 9 aromatic rings. The number of fused-ring (bicyclic) bond motifs is 5. The molecular formula is C44H28N2O. The summed E-state index contributed by atoms with van der Waals surface area (Å²) in [6.07, 6.45) is 0. The van der Waals surface area contributed by atoms with Crippen molar-refractivity contribution in [3.8, 4) is 56.2 Å². The van der Waals surface area contributed by atoms with Crippen molar-refractivity contribution in [2.75, 3.05) is 0 Å². The standard InChI is InChI=1S/C44H28N2O/c1-4-12-29(13-5-1)31-20-22-33(23-21-31)40-28-39(32-16-8-3-9-17-32)45-44(46-40)38-27-35-26-34(30-14-6-2-7-15-30)24-25-36(35)43-42(38)37-18-10-11-19-41(37)47-43/h1-28H/i3D,8D,9D,16D,17D. The summed E-state index contributed by atoms with van der Waals surface area (Å²) in [6.45, 7) is 0. The molecular weight excluding hydrogens is 572 g/mol. The smallest absolute Gasteiger partial charge is 0.161 e. The van der Waals surface area contributed by atoms with Crippen LogP contribution in [0.5, 0.6) is 0 Å². The minimum Gasteiger partial charge on any atom is -0.455 e. The third-order valence-electron chi connectivity index (χ3n) is 8.58. The maximum atomic E-state index is 8.83. The summed E-state index contributed by atoms with van der Waals surface area (Å²) in [5, 5.41) is 3.59. The fourth-order valence-electron chi connectivity index (χ4n) is 6.29. The van der Waals surface area contributed by atoms with Crippen molar-refractivity contribution in [3.63, 3.8) is 0 Å². The highest BCUT2D eigenvalue weighted by atomic mass is 16.3. The molecule has 47 heavy (non-hydrogen) atoms. The summed E-state index contributed by atoms with van der Waals surface area (Å²) in [5.41, 5.74) is 7.93. The van der Waals surface area contributed by atoms with Crippen LogP contribution in [0.15, 0.2) is 174 Å². The molecule has 3 heteroatoms. The van der Waals surface area contributed by atoms with E-state index in [9.17, 15) is 0 Å². The van der Waals surface area contributed by atoms with E-state index in [1.165, 1.54) is 0 Å². The highest BCUT2D eigenvalue weighted by Crippen LogP contribution is 2.42. The van der Waals surface area contributed by atoms with Crippen molar-refractivity contribution in [1.82, 2.24) is 9.97 Å². The zero-order valence-corrected chi connectivity index (χ0v) is 25.1. The molecule has 0 atom stereocenters. The second-order valence-electron chi connectivity index (χ2n) is 11.4. The lowest BCUT2D eigenvalue weighted by Crippen LogP contribution is -1.97. The number of benzene rings is 7. The Labute approximate surface area is 279 Å². The van der Waals surface area contributed by atoms with Crippen LogP contribution in [0.25, 0.3) is 88.9 Å². The van der Waals surface area contributed by atoms with Gasteiger partial charge in [0.2, 0.25) is 0 Å². The van der Waals surface area contributed by atoms with Crippen molar-refractivity contribution >= 4 is 32.7 Å². The first-order valence-corrected chi connectivity index (χ1v) is 15.4. The van der Waals surface area contributed by atoms with Gasteiger partial charge in [0.1, 0.15) is 11.2 Å². The molecule has 3 nitrogen and oxygen atoms in total. The van der Waals surface area contributed by atoms with Gasteiger partial charge in [-0.25, -0.2) is 9.97 Å². The average Bonchev–Trinajstić information content (AvgIpc) is 3.59. The van der Waals surface area contributed by atoms with Crippen molar-refractivity contribution in [2.24, 2.45) is 0 Å². The van der Waals surface area contributed by atoms with Crippen LogP contribution >= 0.6 is 0 Å². The molecule has 2 heterocycles. The number of hydrogen-bond donors (Lipinski definition) is 0. The van der Waals surface area contributed by atoms with Crippen LogP contribution in [0.4, 0.5) is 0 Å². The van der Waals surface area contributed by atoms with Crippen LogP contribution in [-0.4, -0.2) is 9.97 Å². The molecule has 0 radical (unpaired) electrons. The van der Waals surface area contributed by atoms with Gasteiger partial charge in [0.05, 0.1) is 18.2 Å². The van der Waals surface area contributed by atoms with E-state index in [-0.39, 0.29) is 23.3 Å². The first-order valence-electron chi connectivity index (χ1n) is 17.9. The number of para-hydroxylation sites is 1. The number of nitrogens with zero attached hydrogens (tertiary/aromatic N) is 2. The summed E-state index contributed by atoms with van der Waals surface area (Å²) in [5.74, 6) is 0.343. The van der Waals surface area contributed by atoms with Gasteiger partial charge in [-0.1, -0.05) is 139 Å². The normalized spacial score (nSPS) is 12.9. The van der Waals surface area contributed by atoms with Gasteiger partial charge in [-0.2, -0.15) is 0 Å². The molecule has 0 amide bonds. The minimum atomic E-state index is -0.458. The lowest BCUT2D eigenvalue weighted by molar-refractivity contribution is 0.672. The SMILES string of the molecule is [2H]c1c([2H])c([2H])c(-c2cc(-c3ccc(-c4ccccc4)cc3)nc(-c3cc4cc(-c5ccccc5)ccc4c4oc5ccccc5c34)n2)c([2H])c1[2H]. The maximum absolute atomic E-state index is 8.83. The first kappa shape index (κ1) is 22.2. The number of furan rings is 1. The third kappa shape index (κ3) is 4.86. The third-order valence-corrected chi connectivity index (χ3v) is 8.58. The average molecular weight is 606 g/mol. The molecule has 9 rings (SSSR count). The second kappa shape index (κ2) is 11.2. The molecule has 2 aromatic heterocycles. The first-order chi connectivity index (χ1) is 25.4. The number of aromatic nitrogens is 2. The van der Waals surface area contributed by atoms with E-state index < -0.39 is 18.1 Å². The molecule has 0 bridgehead atoms. The van der Waals surface area contributed by atoms with Gasteiger partial charge in [0, 0.05) is 32.8 Å². The summed E-state index contributed by atoms with van der Waals surface area (Å²) in [4.78, 5) is 10.1. The molecule has 0 saturated carbocycles. The molecule has 220 valence electrons. The van der Waals surface area contributed by atoms with Crippen LogP contribution in [-0.2, 0) is 0 Å². The summed E-state index contributed by atoms with van der Waals surface area (Å²) in [6, 6.07) is 44.2. The van der Waals surface area contributed by atoms with Gasteiger partial charge in [-0.15, -0.1) is 0 Å². The fraction of sp³-hybridized carbons (Fsp3) is 0.